The van der Waals surface area contributed by atoms with E-state index in [1.54, 1.807) is 12.1 Å². The van der Waals surface area contributed by atoms with Crippen LogP contribution in [0.4, 0.5) is 0 Å². The second-order valence-electron chi connectivity index (χ2n) is 3.78. The van der Waals surface area contributed by atoms with Crippen molar-refractivity contribution in [2.24, 2.45) is 0 Å². The van der Waals surface area contributed by atoms with E-state index in [0.29, 0.717) is 5.56 Å². The quantitative estimate of drug-likeness (QED) is 0.779. The summed E-state index contributed by atoms with van der Waals surface area (Å²) in [6, 6.07) is 9.40. The van der Waals surface area contributed by atoms with Crippen LogP contribution in [0.25, 0.3) is 0 Å². The Morgan fingerprint density at radius 2 is 2.06 bits per heavy atom. The first-order chi connectivity index (χ1) is 8.11. The Hall–Kier alpha value is -1.51. The van der Waals surface area contributed by atoms with E-state index in [0.717, 1.165) is 4.90 Å². The molecule has 0 radical (unpaired) electrons. The number of carbonyl (C=O) groups is 1. The number of nitrogens with zero attached hydrogens (tertiary/aromatic N) is 1. The molecule has 0 aliphatic carbocycles. The summed E-state index contributed by atoms with van der Waals surface area (Å²) in [7, 11) is 0. The lowest BCUT2D eigenvalue weighted by Gasteiger charge is -2.08. The number of benzene rings is 1. The Balaban J connectivity index is 2.31. The fourth-order valence-corrected chi connectivity index (χ4v) is 1.80. The molecule has 1 aromatic carbocycles. The van der Waals surface area contributed by atoms with Crippen LogP contribution in [0.15, 0.2) is 29.2 Å². The molecule has 1 rings (SSSR count). The van der Waals surface area contributed by atoms with Crippen molar-refractivity contribution in [1.29, 1.82) is 5.26 Å². The molecule has 0 heterocycles. The van der Waals surface area contributed by atoms with Crippen molar-refractivity contribution in [1.82, 2.24) is 10.0 Å². The molecule has 0 fully saturated rings. The van der Waals surface area contributed by atoms with Gasteiger partial charge in [0.25, 0.3) is 0 Å². The lowest BCUT2D eigenvalue weighted by atomic mass is 10.2. The van der Waals surface area contributed by atoms with E-state index < -0.39 is 0 Å². The largest absolute Gasteiger partial charge is 0.353 e. The molecule has 0 bridgehead atoms. The highest BCUT2D eigenvalue weighted by molar-refractivity contribution is 7.97. The second-order valence-corrected chi connectivity index (χ2v) is 4.75. The van der Waals surface area contributed by atoms with Crippen LogP contribution in [-0.2, 0) is 4.79 Å². The predicted molar refractivity (Wildman–Crippen MR) is 68.3 cm³/mol. The molecule has 5 heteroatoms. The average Bonchev–Trinajstić information content (AvgIpc) is 2.29. The van der Waals surface area contributed by atoms with Gasteiger partial charge in [0.05, 0.1) is 18.2 Å². The molecular weight excluding hydrogens is 234 g/mol. The summed E-state index contributed by atoms with van der Waals surface area (Å²) in [6.45, 7) is 4.11. The zero-order chi connectivity index (χ0) is 12.7. The van der Waals surface area contributed by atoms with E-state index in [2.05, 4.69) is 16.1 Å². The van der Waals surface area contributed by atoms with Crippen LogP contribution in [0.1, 0.15) is 19.4 Å². The van der Waals surface area contributed by atoms with E-state index in [9.17, 15) is 4.79 Å². The molecule has 2 N–H and O–H groups in total. The molecule has 0 aliphatic rings. The van der Waals surface area contributed by atoms with Gasteiger partial charge >= 0.3 is 0 Å². The van der Waals surface area contributed by atoms with Gasteiger partial charge < -0.3 is 5.32 Å². The third-order valence-corrected chi connectivity index (χ3v) is 2.65. The van der Waals surface area contributed by atoms with E-state index >= 15 is 0 Å². The minimum atomic E-state index is -0.0267. The van der Waals surface area contributed by atoms with Gasteiger partial charge in [0, 0.05) is 10.9 Å². The smallest absolute Gasteiger partial charge is 0.235 e. The molecule has 0 atom stereocenters. The standard InChI is InChI=1S/C12H15N3OS/c1-9(2)15-12(16)8-14-17-11-5-3-10(7-13)4-6-11/h3-6,9,14H,8H2,1-2H3,(H,15,16). The molecule has 17 heavy (non-hydrogen) atoms. The number of amides is 1. The molecule has 0 aliphatic heterocycles. The summed E-state index contributed by atoms with van der Waals surface area (Å²) in [6.07, 6.45) is 0. The molecule has 4 nitrogen and oxygen atoms in total. The number of nitriles is 1. The maximum Gasteiger partial charge on any atom is 0.235 e. The molecule has 90 valence electrons. The highest BCUT2D eigenvalue weighted by Crippen LogP contribution is 2.14. The molecule has 0 unspecified atom stereocenters. The van der Waals surface area contributed by atoms with Gasteiger partial charge in [-0.05, 0) is 50.1 Å². The Kier molecular flexibility index (Phi) is 5.53. The van der Waals surface area contributed by atoms with Gasteiger partial charge in [-0.3, -0.25) is 9.52 Å². The predicted octanol–water partition coefficient (Wildman–Crippen LogP) is 1.68. The van der Waals surface area contributed by atoms with Gasteiger partial charge in [-0.15, -0.1) is 0 Å². The first-order valence-corrected chi connectivity index (χ1v) is 6.12. The highest BCUT2D eigenvalue weighted by Gasteiger charge is 2.02. The minimum absolute atomic E-state index is 0.0267. The Bertz CT molecular complexity index is 409. The van der Waals surface area contributed by atoms with Gasteiger partial charge in [0.2, 0.25) is 5.91 Å². The number of rotatable bonds is 5. The van der Waals surface area contributed by atoms with Crippen molar-refractivity contribution in [3.8, 4) is 6.07 Å². The van der Waals surface area contributed by atoms with Crippen molar-refractivity contribution in [3.05, 3.63) is 29.8 Å². The van der Waals surface area contributed by atoms with E-state index in [1.165, 1.54) is 11.9 Å². The number of hydrogen-bond donors (Lipinski definition) is 2. The zero-order valence-corrected chi connectivity index (χ0v) is 10.7. The van der Waals surface area contributed by atoms with Crippen LogP contribution in [0.2, 0.25) is 0 Å². The Morgan fingerprint density at radius 3 is 2.59 bits per heavy atom. The van der Waals surface area contributed by atoms with E-state index in [-0.39, 0.29) is 18.5 Å². The zero-order valence-electron chi connectivity index (χ0n) is 9.86. The van der Waals surface area contributed by atoms with Crippen molar-refractivity contribution in [2.75, 3.05) is 6.54 Å². The first kappa shape index (κ1) is 13.6. The van der Waals surface area contributed by atoms with Crippen molar-refractivity contribution in [3.63, 3.8) is 0 Å². The third kappa shape index (κ3) is 5.38. The summed E-state index contributed by atoms with van der Waals surface area (Å²) in [4.78, 5) is 12.3. The summed E-state index contributed by atoms with van der Waals surface area (Å²) in [5.74, 6) is -0.0267. The van der Waals surface area contributed by atoms with Crippen molar-refractivity contribution < 1.29 is 4.79 Å². The highest BCUT2D eigenvalue weighted by atomic mass is 32.2. The number of hydrogen-bond acceptors (Lipinski definition) is 4. The van der Waals surface area contributed by atoms with Crippen molar-refractivity contribution >= 4 is 17.9 Å². The van der Waals surface area contributed by atoms with Gasteiger partial charge in [-0.1, -0.05) is 0 Å². The number of carbonyl (C=O) groups excluding carboxylic acids is 1. The molecule has 0 spiro atoms. The Morgan fingerprint density at radius 1 is 1.41 bits per heavy atom. The fourth-order valence-electron chi connectivity index (χ4n) is 1.16. The molecule has 0 saturated carbocycles. The lowest BCUT2D eigenvalue weighted by Crippen LogP contribution is -2.35. The fraction of sp³-hybridized carbons (Fsp3) is 0.333. The summed E-state index contributed by atoms with van der Waals surface area (Å²) < 4.78 is 2.97. The summed E-state index contributed by atoms with van der Waals surface area (Å²) in [5, 5.41) is 11.4. The number of nitrogens with one attached hydrogen (secondary N) is 2. The van der Waals surface area contributed by atoms with Crippen LogP contribution in [0.5, 0.6) is 0 Å². The van der Waals surface area contributed by atoms with Crippen LogP contribution < -0.4 is 10.0 Å². The van der Waals surface area contributed by atoms with Crippen LogP contribution in [-0.4, -0.2) is 18.5 Å². The second kappa shape index (κ2) is 6.94. The lowest BCUT2D eigenvalue weighted by molar-refractivity contribution is -0.120. The average molecular weight is 249 g/mol. The molecule has 1 aromatic rings. The van der Waals surface area contributed by atoms with Gasteiger partial charge in [-0.2, -0.15) is 5.26 Å². The molecule has 0 aromatic heterocycles. The first-order valence-electron chi connectivity index (χ1n) is 5.31. The Labute approximate surface area is 106 Å². The maximum atomic E-state index is 11.3. The summed E-state index contributed by atoms with van der Waals surface area (Å²) in [5.41, 5.74) is 0.631. The van der Waals surface area contributed by atoms with E-state index in [1.807, 2.05) is 26.0 Å². The maximum absolute atomic E-state index is 11.3. The topological polar surface area (TPSA) is 64.9 Å². The third-order valence-electron chi connectivity index (χ3n) is 1.86. The van der Waals surface area contributed by atoms with Crippen LogP contribution >= 0.6 is 11.9 Å². The van der Waals surface area contributed by atoms with Crippen molar-refractivity contribution in [2.45, 2.75) is 24.8 Å². The molecule has 1 amide bonds. The SMILES string of the molecule is CC(C)NC(=O)CNSc1ccc(C#N)cc1. The van der Waals surface area contributed by atoms with E-state index in [4.69, 9.17) is 5.26 Å². The molecular formula is C12H15N3OS. The van der Waals surface area contributed by atoms with Crippen LogP contribution in [0.3, 0.4) is 0 Å². The minimum Gasteiger partial charge on any atom is -0.353 e. The summed E-state index contributed by atoms with van der Waals surface area (Å²) >= 11 is 1.37. The van der Waals surface area contributed by atoms with Crippen LogP contribution in [0, 0.1) is 11.3 Å². The van der Waals surface area contributed by atoms with Gasteiger partial charge in [0.1, 0.15) is 0 Å². The normalized spacial score (nSPS) is 10.0. The van der Waals surface area contributed by atoms with Gasteiger partial charge in [-0.25, -0.2) is 0 Å². The monoisotopic (exact) mass is 249 g/mol. The van der Waals surface area contributed by atoms with Gasteiger partial charge in [0.15, 0.2) is 0 Å². The molecule has 0 saturated heterocycles.